The van der Waals surface area contributed by atoms with E-state index >= 15 is 0 Å². The maximum atomic E-state index is 13.4. The van der Waals surface area contributed by atoms with Gasteiger partial charge >= 0.3 is 6.09 Å². The van der Waals surface area contributed by atoms with Crippen LogP contribution in [-0.2, 0) is 11.2 Å². The quantitative estimate of drug-likeness (QED) is 0.335. The summed E-state index contributed by atoms with van der Waals surface area (Å²) in [5.41, 5.74) is 3.47. The second-order valence-electron chi connectivity index (χ2n) is 8.64. The Morgan fingerprint density at radius 2 is 2.15 bits per heavy atom. The van der Waals surface area contributed by atoms with E-state index < -0.39 is 6.09 Å². The molecule has 39 heavy (non-hydrogen) atoms. The number of amides is 1. The zero-order valence-electron chi connectivity index (χ0n) is 21.1. The van der Waals surface area contributed by atoms with Crippen LogP contribution in [0.5, 0.6) is 0 Å². The van der Waals surface area contributed by atoms with Crippen LogP contribution in [-0.4, -0.2) is 52.9 Å². The van der Waals surface area contributed by atoms with Gasteiger partial charge in [-0.05, 0) is 53.6 Å². The van der Waals surface area contributed by atoms with Gasteiger partial charge in [-0.25, -0.2) is 14.8 Å². The standard InChI is InChI=1S/C26H24ClN9O3/c1-4-17(30-26(38)39-3)7-5-15(2)20-13-28-25(32-20)22-9-10-23-31-19(12-24(37)36(22)23)18-11-16(27)6-8-21(18)35-14-29-33-34-35/h4-8,11-14,22H,2,9-10H2,1,3H3,(H,28,32)(H,30,38)/b7-5-,17-4+/t22-/m0/s1. The van der Waals surface area contributed by atoms with E-state index in [1.807, 2.05) is 0 Å². The molecule has 4 heterocycles. The number of halogens is 1. The number of hydrogen-bond donors (Lipinski definition) is 2. The second-order valence-corrected chi connectivity index (χ2v) is 9.07. The van der Waals surface area contributed by atoms with E-state index in [1.54, 1.807) is 54.1 Å². The minimum Gasteiger partial charge on any atom is -0.453 e. The highest BCUT2D eigenvalue weighted by Gasteiger charge is 2.29. The molecule has 4 aromatic rings. The lowest BCUT2D eigenvalue weighted by Crippen LogP contribution is -2.25. The fourth-order valence-corrected chi connectivity index (χ4v) is 4.53. The molecule has 1 aromatic carbocycles. The van der Waals surface area contributed by atoms with Crippen LogP contribution in [0.3, 0.4) is 0 Å². The van der Waals surface area contributed by atoms with Crippen molar-refractivity contribution in [2.24, 2.45) is 0 Å². The Morgan fingerprint density at radius 3 is 2.90 bits per heavy atom. The van der Waals surface area contributed by atoms with Crippen molar-refractivity contribution in [3.63, 3.8) is 0 Å². The van der Waals surface area contributed by atoms with Gasteiger partial charge in [0.1, 0.15) is 18.0 Å². The number of aryl methyl sites for hydroxylation is 1. The van der Waals surface area contributed by atoms with Crippen LogP contribution in [0.1, 0.15) is 36.7 Å². The molecular formula is C26H24ClN9O3. The predicted octanol–water partition coefficient (Wildman–Crippen LogP) is 3.63. The number of alkyl carbamates (subject to hydrolysis) is 1. The first-order valence-electron chi connectivity index (χ1n) is 12.0. The van der Waals surface area contributed by atoms with Gasteiger partial charge in [-0.15, -0.1) is 5.10 Å². The van der Waals surface area contributed by atoms with Gasteiger partial charge in [0.25, 0.3) is 5.56 Å². The molecule has 13 heteroatoms. The zero-order chi connectivity index (χ0) is 27.5. The summed E-state index contributed by atoms with van der Waals surface area (Å²) in [6.07, 6.45) is 9.01. The molecule has 1 atom stereocenters. The van der Waals surface area contributed by atoms with Crippen LogP contribution >= 0.6 is 11.6 Å². The lowest BCUT2D eigenvalue weighted by Gasteiger charge is -2.14. The minimum atomic E-state index is -0.564. The first-order valence-corrected chi connectivity index (χ1v) is 12.3. The molecule has 0 fully saturated rings. The number of nitrogens with zero attached hydrogens (tertiary/aromatic N) is 7. The molecule has 0 saturated heterocycles. The number of carbonyl (C=O) groups is 1. The molecule has 3 aromatic heterocycles. The van der Waals surface area contributed by atoms with Crippen molar-refractivity contribution >= 4 is 23.3 Å². The Morgan fingerprint density at radius 1 is 1.31 bits per heavy atom. The van der Waals surface area contributed by atoms with Crippen LogP contribution in [0.15, 0.2) is 72.1 Å². The fraction of sp³-hybridized carbons (Fsp3) is 0.192. The SMILES string of the molecule is C=C(/C=C\C(=C/C)NC(=O)OC)c1cnc([C@@H]2CCc3nc(-c4cc(Cl)ccc4-n4cnnn4)cc(=O)n32)[nH]1. The third-order valence-electron chi connectivity index (χ3n) is 6.27. The molecule has 2 N–H and O–H groups in total. The molecule has 0 radical (unpaired) electrons. The number of benzene rings is 1. The van der Waals surface area contributed by atoms with Crippen molar-refractivity contribution in [2.75, 3.05) is 7.11 Å². The monoisotopic (exact) mass is 545 g/mol. The predicted molar refractivity (Wildman–Crippen MR) is 144 cm³/mol. The van der Waals surface area contributed by atoms with E-state index in [4.69, 9.17) is 16.6 Å². The van der Waals surface area contributed by atoms with Gasteiger partial charge < -0.3 is 9.72 Å². The summed E-state index contributed by atoms with van der Waals surface area (Å²) < 4.78 is 7.78. The highest BCUT2D eigenvalue weighted by Crippen LogP contribution is 2.32. The number of ether oxygens (including phenoxy) is 1. The van der Waals surface area contributed by atoms with Crippen molar-refractivity contribution in [1.29, 1.82) is 0 Å². The number of H-pyrrole nitrogens is 1. The molecule has 1 aliphatic rings. The molecule has 0 bridgehead atoms. The van der Waals surface area contributed by atoms with Crippen molar-refractivity contribution in [2.45, 2.75) is 25.8 Å². The van der Waals surface area contributed by atoms with E-state index in [0.717, 1.165) is 0 Å². The molecule has 1 aliphatic heterocycles. The number of hydrogen-bond acceptors (Lipinski definition) is 8. The number of rotatable bonds is 7. The summed E-state index contributed by atoms with van der Waals surface area (Å²) in [6.45, 7) is 5.87. The Kier molecular flexibility index (Phi) is 7.19. The van der Waals surface area contributed by atoms with Gasteiger partial charge in [-0.2, -0.15) is 4.68 Å². The van der Waals surface area contributed by atoms with Gasteiger partial charge in [-0.3, -0.25) is 14.7 Å². The van der Waals surface area contributed by atoms with E-state index in [-0.39, 0.29) is 11.6 Å². The van der Waals surface area contributed by atoms with E-state index in [2.05, 4.69) is 42.1 Å². The number of aromatic amines is 1. The smallest absolute Gasteiger partial charge is 0.411 e. The molecule has 12 nitrogen and oxygen atoms in total. The molecule has 1 amide bonds. The van der Waals surface area contributed by atoms with Crippen molar-refractivity contribution in [3.8, 4) is 16.9 Å². The average molecular weight is 546 g/mol. The van der Waals surface area contributed by atoms with Crippen LogP contribution in [0.2, 0.25) is 5.02 Å². The number of aromatic nitrogens is 8. The number of carbonyl (C=O) groups excluding carboxylic acids is 1. The van der Waals surface area contributed by atoms with Gasteiger partial charge in [0.2, 0.25) is 0 Å². The van der Waals surface area contributed by atoms with Gasteiger partial charge in [-0.1, -0.05) is 30.3 Å². The highest BCUT2D eigenvalue weighted by atomic mass is 35.5. The lowest BCUT2D eigenvalue weighted by molar-refractivity contribution is 0.174. The molecule has 0 saturated carbocycles. The van der Waals surface area contributed by atoms with Crippen LogP contribution in [0.25, 0.3) is 22.5 Å². The summed E-state index contributed by atoms with van der Waals surface area (Å²) in [5.74, 6) is 1.28. The summed E-state index contributed by atoms with van der Waals surface area (Å²) in [7, 11) is 1.30. The van der Waals surface area contributed by atoms with Gasteiger partial charge in [0.05, 0.1) is 36.4 Å². The van der Waals surface area contributed by atoms with Crippen molar-refractivity contribution < 1.29 is 9.53 Å². The highest BCUT2D eigenvalue weighted by molar-refractivity contribution is 6.31. The summed E-state index contributed by atoms with van der Waals surface area (Å²) in [5, 5.41) is 14.5. The Bertz CT molecular complexity index is 1670. The molecule has 5 rings (SSSR count). The Balaban J connectivity index is 1.41. The minimum absolute atomic E-state index is 0.205. The maximum absolute atomic E-state index is 13.4. The van der Waals surface area contributed by atoms with Crippen LogP contribution < -0.4 is 10.9 Å². The third-order valence-corrected chi connectivity index (χ3v) is 6.51. The van der Waals surface area contributed by atoms with E-state index in [1.165, 1.54) is 24.2 Å². The summed E-state index contributed by atoms with van der Waals surface area (Å²) in [6, 6.07) is 6.43. The van der Waals surface area contributed by atoms with E-state index in [0.29, 0.717) is 63.4 Å². The number of tetrazole rings is 1. The lowest BCUT2D eigenvalue weighted by atomic mass is 10.1. The first-order chi connectivity index (χ1) is 18.9. The van der Waals surface area contributed by atoms with Gasteiger partial charge in [0.15, 0.2) is 0 Å². The average Bonchev–Trinajstić information content (AvgIpc) is 3.71. The third kappa shape index (κ3) is 5.27. The fourth-order valence-electron chi connectivity index (χ4n) is 4.35. The molecule has 198 valence electrons. The Hall–Kier alpha value is -4.84. The molecule has 0 aliphatic carbocycles. The number of nitrogens with one attached hydrogen (secondary N) is 2. The van der Waals surface area contributed by atoms with Gasteiger partial charge in [0, 0.05) is 28.8 Å². The van der Waals surface area contributed by atoms with Crippen molar-refractivity contribution in [1.82, 2.24) is 45.0 Å². The topological polar surface area (TPSA) is 146 Å². The molecular weight excluding hydrogens is 522 g/mol. The largest absolute Gasteiger partial charge is 0.453 e. The number of allylic oxidation sites excluding steroid dienone is 4. The normalized spacial score (nSPS) is 14.9. The molecule has 0 spiro atoms. The summed E-state index contributed by atoms with van der Waals surface area (Å²) in [4.78, 5) is 37.4. The number of fused-ring (bicyclic) bond motifs is 1. The zero-order valence-corrected chi connectivity index (χ0v) is 21.9. The maximum Gasteiger partial charge on any atom is 0.411 e. The van der Waals surface area contributed by atoms with Crippen molar-refractivity contribution in [3.05, 3.63) is 100 Å². The molecule has 0 unspecified atom stereocenters. The second kappa shape index (κ2) is 10.9. The first kappa shape index (κ1) is 25.8. The number of methoxy groups -OCH3 is 1. The summed E-state index contributed by atoms with van der Waals surface area (Å²) >= 11 is 6.27. The van der Waals surface area contributed by atoms with Crippen LogP contribution in [0.4, 0.5) is 4.79 Å². The number of imidazole rings is 1. The van der Waals surface area contributed by atoms with E-state index in [9.17, 15) is 9.59 Å². The Labute approximate surface area is 227 Å². The van der Waals surface area contributed by atoms with Crippen LogP contribution in [0, 0.1) is 0 Å².